The molecule has 1 aromatic rings. The molecule has 1 unspecified atom stereocenters. The second-order valence-electron chi connectivity index (χ2n) is 4.93. The largest absolute Gasteiger partial charge is 0.481 e. The molecule has 0 fully saturated rings. The monoisotopic (exact) mass is 305 g/mol. The molecule has 0 heterocycles. The van der Waals surface area contributed by atoms with Crippen molar-refractivity contribution >= 4 is 11.9 Å². The van der Waals surface area contributed by atoms with E-state index in [9.17, 15) is 19.1 Å². The Morgan fingerprint density at radius 2 is 1.73 bits per heavy atom. The molecule has 0 aliphatic carbocycles. The molecule has 1 rings (SSSR count). The highest BCUT2D eigenvalue weighted by Gasteiger charge is 2.22. The number of carbonyl (C=O) groups excluding carboxylic acids is 1. The summed E-state index contributed by atoms with van der Waals surface area (Å²) < 4.78 is 12.9. The third-order valence-corrected chi connectivity index (χ3v) is 3.32. The normalized spacial score (nSPS) is 11.7. The highest BCUT2D eigenvalue weighted by molar-refractivity contribution is 5.81. The number of benzene rings is 1. The summed E-state index contributed by atoms with van der Waals surface area (Å²) in [4.78, 5) is 23.4. The highest BCUT2D eigenvalue weighted by Crippen LogP contribution is 2.17. The lowest BCUT2D eigenvalue weighted by Gasteiger charge is -2.17. The quantitative estimate of drug-likeness (QED) is 0.689. The number of hydrogen-bond acceptors (Lipinski definition) is 2. The van der Waals surface area contributed by atoms with Crippen molar-refractivity contribution in [3.8, 4) is 0 Å². The lowest BCUT2D eigenvalue weighted by molar-refractivity contribution is -0.138. The zero-order valence-corrected chi connectivity index (χ0v) is 12.3. The van der Waals surface area contributed by atoms with Crippen LogP contribution in [0.1, 0.15) is 24.3 Å². The van der Waals surface area contributed by atoms with Gasteiger partial charge in [0.05, 0.1) is 5.92 Å². The number of rotatable bonds is 9. The van der Waals surface area contributed by atoms with Crippen molar-refractivity contribution in [2.45, 2.75) is 18.8 Å². The van der Waals surface area contributed by atoms with E-state index in [1.807, 2.05) is 0 Å². The summed E-state index contributed by atoms with van der Waals surface area (Å²) in [5.74, 6) is -2.98. The molecular formula is C17H20FNO3. The molecular weight excluding hydrogens is 285 g/mol. The van der Waals surface area contributed by atoms with Gasteiger partial charge in [-0.25, -0.2) is 4.39 Å². The second-order valence-corrected chi connectivity index (χ2v) is 4.93. The van der Waals surface area contributed by atoms with Gasteiger partial charge in [0.2, 0.25) is 5.91 Å². The smallest absolute Gasteiger partial charge is 0.312 e. The Morgan fingerprint density at radius 3 is 2.18 bits per heavy atom. The number of hydrogen-bond donors (Lipinski definition) is 2. The van der Waals surface area contributed by atoms with E-state index < -0.39 is 17.7 Å². The first-order valence-electron chi connectivity index (χ1n) is 6.97. The third kappa shape index (κ3) is 5.16. The molecule has 0 saturated heterocycles. The first-order chi connectivity index (χ1) is 10.5. The number of nitrogens with one attached hydrogen (secondary N) is 1. The molecule has 0 aliphatic heterocycles. The van der Waals surface area contributed by atoms with E-state index in [1.54, 1.807) is 12.2 Å². The number of amides is 1. The molecule has 1 atom stereocenters. The lowest BCUT2D eigenvalue weighted by atomic mass is 9.97. The van der Waals surface area contributed by atoms with Gasteiger partial charge in [-0.05, 0) is 30.5 Å². The number of allylic oxidation sites excluding steroid dienone is 2. The van der Waals surface area contributed by atoms with E-state index in [0.717, 1.165) is 0 Å². The zero-order valence-electron chi connectivity index (χ0n) is 12.3. The van der Waals surface area contributed by atoms with Gasteiger partial charge in [-0.3, -0.25) is 9.59 Å². The average Bonchev–Trinajstić information content (AvgIpc) is 2.48. The summed E-state index contributed by atoms with van der Waals surface area (Å²) >= 11 is 0. The van der Waals surface area contributed by atoms with Crippen molar-refractivity contribution in [3.05, 3.63) is 61.0 Å². The first-order valence-corrected chi connectivity index (χ1v) is 6.97. The minimum atomic E-state index is -1.07. The molecule has 0 aromatic heterocycles. The summed E-state index contributed by atoms with van der Waals surface area (Å²) in [7, 11) is 0. The second kappa shape index (κ2) is 8.77. The van der Waals surface area contributed by atoms with Crippen molar-refractivity contribution in [2.24, 2.45) is 5.92 Å². The number of carbonyl (C=O) groups is 2. The van der Waals surface area contributed by atoms with Crippen LogP contribution in [-0.4, -0.2) is 23.5 Å². The molecule has 2 N–H and O–H groups in total. The Hall–Kier alpha value is -2.43. The van der Waals surface area contributed by atoms with Gasteiger partial charge in [-0.15, -0.1) is 13.2 Å². The van der Waals surface area contributed by atoms with E-state index in [1.165, 1.54) is 24.3 Å². The van der Waals surface area contributed by atoms with E-state index >= 15 is 0 Å². The minimum absolute atomic E-state index is 0.0510. The van der Waals surface area contributed by atoms with Crippen LogP contribution in [-0.2, 0) is 9.59 Å². The van der Waals surface area contributed by atoms with Crippen LogP contribution >= 0.6 is 0 Å². The van der Waals surface area contributed by atoms with Crippen molar-refractivity contribution in [1.82, 2.24) is 5.32 Å². The molecule has 0 radical (unpaired) electrons. The van der Waals surface area contributed by atoms with Gasteiger partial charge in [0.1, 0.15) is 5.82 Å². The molecule has 0 aliphatic rings. The maximum Gasteiger partial charge on any atom is 0.312 e. The Balaban J connectivity index is 2.73. The average molecular weight is 305 g/mol. The highest BCUT2D eigenvalue weighted by atomic mass is 19.1. The molecule has 0 spiro atoms. The number of aliphatic carboxylic acids is 1. The van der Waals surface area contributed by atoms with Crippen LogP contribution in [0.4, 0.5) is 4.39 Å². The van der Waals surface area contributed by atoms with E-state index in [-0.39, 0.29) is 18.4 Å². The van der Waals surface area contributed by atoms with Crippen molar-refractivity contribution in [1.29, 1.82) is 0 Å². The molecule has 22 heavy (non-hydrogen) atoms. The summed E-state index contributed by atoms with van der Waals surface area (Å²) in [5.41, 5.74) is 0.443. The Bertz CT molecular complexity index is 529. The molecule has 0 saturated carbocycles. The summed E-state index contributed by atoms with van der Waals surface area (Å²) in [5, 5.41) is 11.9. The SMILES string of the molecule is C=CCC(CC=C)C(=O)NCC(C(=O)O)c1ccc(F)cc1. The Kier molecular flexibility index (Phi) is 7.02. The molecule has 1 aromatic carbocycles. The van der Waals surface area contributed by atoms with E-state index in [4.69, 9.17) is 0 Å². The van der Waals surface area contributed by atoms with Gasteiger partial charge in [0, 0.05) is 12.5 Å². The lowest BCUT2D eigenvalue weighted by Crippen LogP contribution is -2.35. The van der Waals surface area contributed by atoms with E-state index in [2.05, 4.69) is 18.5 Å². The fraction of sp³-hybridized carbons (Fsp3) is 0.294. The van der Waals surface area contributed by atoms with Crippen LogP contribution in [0.2, 0.25) is 0 Å². The van der Waals surface area contributed by atoms with Crippen molar-refractivity contribution < 1.29 is 19.1 Å². The Morgan fingerprint density at radius 1 is 1.18 bits per heavy atom. The third-order valence-electron chi connectivity index (χ3n) is 3.32. The summed E-state index contributed by atoms with van der Waals surface area (Å²) in [6.07, 6.45) is 4.27. The van der Waals surface area contributed by atoms with Gasteiger partial charge >= 0.3 is 5.97 Å². The molecule has 0 bridgehead atoms. The van der Waals surface area contributed by atoms with Crippen LogP contribution < -0.4 is 5.32 Å². The van der Waals surface area contributed by atoms with Crippen LogP contribution in [0.25, 0.3) is 0 Å². The summed E-state index contributed by atoms with van der Waals surface area (Å²) in [6.45, 7) is 7.15. The maximum absolute atomic E-state index is 12.9. The van der Waals surface area contributed by atoms with Gasteiger partial charge in [0.15, 0.2) is 0 Å². The van der Waals surface area contributed by atoms with Crippen LogP contribution in [0.3, 0.4) is 0 Å². The molecule has 5 heteroatoms. The maximum atomic E-state index is 12.9. The zero-order chi connectivity index (χ0) is 16.5. The van der Waals surface area contributed by atoms with Crippen LogP contribution in [0.15, 0.2) is 49.6 Å². The van der Waals surface area contributed by atoms with E-state index in [0.29, 0.717) is 18.4 Å². The number of carboxylic acid groups (broad SMARTS) is 1. The first kappa shape index (κ1) is 17.6. The Labute approximate surface area is 129 Å². The molecule has 118 valence electrons. The predicted molar refractivity (Wildman–Crippen MR) is 82.9 cm³/mol. The topological polar surface area (TPSA) is 66.4 Å². The van der Waals surface area contributed by atoms with Crippen molar-refractivity contribution in [2.75, 3.05) is 6.54 Å². The predicted octanol–water partition coefficient (Wildman–Crippen LogP) is 2.88. The fourth-order valence-corrected chi connectivity index (χ4v) is 2.10. The van der Waals surface area contributed by atoms with Gasteiger partial charge in [0.25, 0.3) is 0 Å². The minimum Gasteiger partial charge on any atom is -0.481 e. The standard InChI is InChI=1S/C17H20FNO3/c1-3-5-13(6-4-2)16(20)19-11-15(17(21)22)12-7-9-14(18)10-8-12/h3-4,7-10,13,15H,1-2,5-6,11H2,(H,19,20)(H,21,22). The molecule has 1 amide bonds. The summed E-state index contributed by atoms with van der Waals surface area (Å²) in [6, 6.07) is 5.22. The van der Waals surface area contributed by atoms with Gasteiger partial charge in [-0.1, -0.05) is 24.3 Å². The van der Waals surface area contributed by atoms with Crippen LogP contribution in [0, 0.1) is 11.7 Å². The number of halogens is 1. The molecule has 4 nitrogen and oxygen atoms in total. The van der Waals surface area contributed by atoms with Gasteiger partial charge < -0.3 is 10.4 Å². The van der Waals surface area contributed by atoms with Crippen LogP contribution in [0.5, 0.6) is 0 Å². The fourth-order valence-electron chi connectivity index (χ4n) is 2.10. The van der Waals surface area contributed by atoms with Gasteiger partial charge in [-0.2, -0.15) is 0 Å². The number of carboxylic acids is 1. The van der Waals surface area contributed by atoms with Crippen molar-refractivity contribution in [3.63, 3.8) is 0 Å².